The van der Waals surface area contributed by atoms with Crippen LogP contribution in [0, 0.1) is 0 Å². The van der Waals surface area contributed by atoms with Gasteiger partial charge in [-0.25, -0.2) is 0 Å². The molecule has 0 saturated heterocycles. The van der Waals surface area contributed by atoms with Crippen molar-refractivity contribution >= 4 is 63.3 Å². The van der Waals surface area contributed by atoms with Crippen LogP contribution in [-0.4, -0.2) is 75.0 Å². The number of esters is 1. The number of carbonyl (C=O) groups is 2. The molecule has 0 atom stereocenters. The zero-order chi connectivity index (χ0) is 12.2. The van der Waals surface area contributed by atoms with E-state index in [1.54, 1.807) is 0 Å². The molecule has 0 aromatic heterocycles. The minimum atomic E-state index is -1.13. The van der Waals surface area contributed by atoms with Gasteiger partial charge < -0.3 is 9.84 Å². The third-order valence-corrected chi connectivity index (χ3v) is 2.31. The summed E-state index contributed by atoms with van der Waals surface area (Å²) in [5.74, 6) is -1.77. The fourth-order valence-corrected chi connectivity index (χ4v) is 1.42. The third-order valence-electron chi connectivity index (χ3n) is 2.31. The summed E-state index contributed by atoms with van der Waals surface area (Å²) >= 11 is 0. The Kier molecular flexibility index (Phi) is 17.1. The van der Waals surface area contributed by atoms with E-state index in [-0.39, 0.29) is 51.4 Å². The Hall–Kier alpha value is 0.576. The quantitative estimate of drug-likeness (QED) is 0.286. The average molecular weight is 270 g/mol. The van der Waals surface area contributed by atoms with E-state index in [0.29, 0.717) is 6.61 Å². The van der Waals surface area contributed by atoms with Crippen molar-refractivity contribution in [2.24, 2.45) is 0 Å². The summed E-state index contributed by atoms with van der Waals surface area (Å²) in [6, 6.07) is 0. The summed E-state index contributed by atoms with van der Waals surface area (Å²) in [5, 5.41) is 8.31. The first kappa shape index (κ1) is 19.9. The van der Waals surface area contributed by atoms with E-state index in [4.69, 9.17) is 9.84 Å². The Labute approximate surface area is 146 Å². The average Bonchev–Trinajstić information content (AvgIpc) is 2.21. The second-order valence-corrected chi connectivity index (χ2v) is 3.91. The van der Waals surface area contributed by atoms with Crippen molar-refractivity contribution in [3.05, 3.63) is 0 Å². The van der Waals surface area contributed by atoms with Crippen molar-refractivity contribution in [1.82, 2.24) is 0 Å². The van der Waals surface area contributed by atoms with Gasteiger partial charge in [0.05, 0.1) is 6.61 Å². The Morgan fingerprint density at radius 1 is 1.00 bits per heavy atom. The fraction of sp³-hybridized carbons (Fsp3) is 0.833. The topological polar surface area (TPSA) is 63.6 Å². The van der Waals surface area contributed by atoms with E-state index in [2.05, 4.69) is 6.92 Å². The molecule has 0 aliphatic carbocycles. The van der Waals surface area contributed by atoms with E-state index in [1.165, 1.54) is 25.7 Å². The van der Waals surface area contributed by atoms with Crippen LogP contribution >= 0.6 is 0 Å². The van der Waals surface area contributed by atoms with Crippen LogP contribution in [0.3, 0.4) is 0 Å². The van der Waals surface area contributed by atoms with E-state index in [9.17, 15) is 9.59 Å². The van der Waals surface area contributed by atoms with Crippen molar-refractivity contribution in [3.63, 3.8) is 0 Å². The molecular formula is C12H23KO4. The van der Waals surface area contributed by atoms with Gasteiger partial charge in [-0.05, 0) is 6.42 Å². The zero-order valence-corrected chi connectivity index (χ0v) is 10.0. The first-order valence-electron chi connectivity index (χ1n) is 6.04. The predicted octanol–water partition coefficient (Wildman–Crippen LogP) is 2.11. The first-order valence-corrected chi connectivity index (χ1v) is 6.04. The second-order valence-electron chi connectivity index (χ2n) is 3.91. The first-order chi connectivity index (χ1) is 7.66. The van der Waals surface area contributed by atoms with Crippen molar-refractivity contribution < 1.29 is 19.4 Å². The van der Waals surface area contributed by atoms with Crippen LogP contribution in [0.1, 0.15) is 58.3 Å². The Bertz CT molecular complexity index is 207. The molecule has 0 heterocycles. The predicted molar refractivity (Wildman–Crippen MR) is 68.4 cm³/mol. The number of hydrogen-bond acceptors (Lipinski definition) is 3. The summed E-state index contributed by atoms with van der Waals surface area (Å²) in [5.41, 5.74) is 0. The monoisotopic (exact) mass is 270 g/mol. The molecule has 0 radical (unpaired) electrons. The minimum absolute atomic E-state index is 0. The van der Waals surface area contributed by atoms with Crippen molar-refractivity contribution in [1.29, 1.82) is 0 Å². The Morgan fingerprint density at radius 2 is 1.53 bits per heavy atom. The maximum absolute atomic E-state index is 10.8. The van der Waals surface area contributed by atoms with Gasteiger partial charge in [0.2, 0.25) is 0 Å². The molecule has 0 amide bonds. The van der Waals surface area contributed by atoms with E-state index < -0.39 is 18.4 Å². The van der Waals surface area contributed by atoms with Crippen LogP contribution in [0.5, 0.6) is 0 Å². The van der Waals surface area contributed by atoms with Gasteiger partial charge in [-0.2, -0.15) is 0 Å². The molecule has 5 heteroatoms. The molecule has 4 nitrogen and oxygen atoms in total. The Morgan fingerprint density at radius 3 is 2.06 bits per heavy atom. The summed E-state index contributed by atoms with van der Waals surface area (Å²) in [4.78, 5) is 21.0. The number of carbonyl (C=O) groups excluding carboxylic acids is 1. The van der Waals surface area contributed by atoms with Crippen LogP contribution in [0.4, 0.5) is 0 Å². The molecule has 0 saturated carbocycles. The summed E-state index contributed by atoms with van der Waals surface area (Å²) in [7, 11) is 0. The van der Waals surface area contributed by atoms with Crippen molar-refractivity contribution in [2.75, 3.05) is 6.61 Å². The van der Waals surface area contributed by atoms with Crippen molar-refractivity contribution in [2.45, 2.75) is 58.3 Å². The molecule has 0 aromatic rings. The fourth-order valence-electron chi connectivity index (χ4n) is 1.42. The molecule has 0 aliphatic heterocycles. The van der Waals surface area contributed by atoms with Gasteiger partial charge in [0.1, 0.15) is 6.42 Å². The summed E-state index contributed by atoms with van der Waals surface area (Å²) in [6.45, 7) is 2.53. The van der Waals surface area contributed by atoms with Crippen LogP contribution in [-0.2, 0) is 14.3 Å². The maximum atomic E-state index is 10.8. The van der Waals surface area contributed by atoms with Gasteiger partial charge in [0, 0.05) is 0 Å². The Balaban J connectivity index is 0. The molecule has 0 bridgehead atoms. The third kappa shape index (κ3) is 16.6. The molecule has 0 fully saturated rings. The molecule has 0 aliphatic rings. The van der Waals surface area contributed by atoms with E-state index in [0.717, 1.165) is 19.3 Å². The van der Waals surface area contributed by atoms with Crippen LogP contribution in [0.15, 0.2) is 0 Å². The molecule has 0 aromatic carbocycles. The molecular weight excluding hydrogens is 247 g/mol. The molecule has 17 heavy (non-hydrogen) atoms. The SMILES string of the molecule is CCCCCCCCCOC(=O)CC(=O)O.[KH]. The van der Waals surface area contributed by atoms with Crippen LogP contribution in [0.25, 0.3) is 0 Å². The van der Waals surface area contributed by atoms with Gasteiger partial charge in [0.15, 0.2) is 0 Å². The number of aliphatic carboxylic acids is 1. The summed E-state index contributed by atoms with van der Waals surface area (Å²) in [6.07, 6.45) is 7.54. The van der Waals surface area contributed by atoms with E-state index >= 15 is 0 Å². The molecule has 0 unspecified atom stereocenters. The standard InChI is InChI=1S/C12H22O4.K.H/c1-2-3-4-5-6-7-8-9-16-12(15)10-11(13)14;;/h2-10H2,1H3,(H,13,14);;. The number of hydrogen-bond donors (Lipinski definition) is 1. The molecule has 0 spiro atoms. The number of unbranched alkanes of at least 4 members (excludes halogenated alkanes) is 6. The molecule has 0 rings (SSSR count). The van der Waals surface area contributed by atoms with Crippen molar-refractivity contribution in [3.8, 4) is 0 Å². The summed E-state index contributed by atoms with van der Waals surface area (Å²) < 4.78 is 4.76. The normalized spacial score (nSPS) is 9.47. The van der Waals surface area contributed by atoms with Gasteiger partial charge in [-0.3, -0.25) is 9.59 Å². The number of carboxylic acids is 1. The second kappa shape index (κ2) is 14.6. The van der Waals surface area contributed by atoms with E-state index in [1.807, 2.05) is 0 Å². The van der Waals surface area contributed by atoms with Gasteiger partial charge >= 0.3 is 63.3 Å². The van der Waals surface area contributed by atoms with Gasteiger partial charge in [-0.1, -0.05) is 45.4 Å². The van der Waals surface area contributed by atoms with Gasteiger partial charge in [-0.15, -0.1) is 0 Å². The van der Waals surface area contributed by atoms with Crippen LogP contribution < -0.4 is 0 Å². The van der Waals surface area contributed by atoms with Crippen LogP contribution in [0.2, 0.25) is 0 Å². The number of ether oxygens (including phenoxy) is 1. The number of carboxylic acid groups (broad SMARTS) is 1. The zero-order valence-electron chi connectivity index (χ0n) is 10.0. The molecule has 96 valence electrons. The number of rotatable bonds is 10. The molecule has 1 N–H and O–H groups in total. The van der Waals surface area contributed by atoms with Gasteiger partial charge in [0.25, 0.3) is 0 Å².